The van der Waals surface area contributed by atoms with Crippen LogP contribution in [0, 0.1) is 17.8 Å². The molecule has 0 spiro atoms. The van der Waals surface area contributed by atoms with Crippen molar-refractivity contribution in [2.75, 3.05) is 11.1 Å². The number of anilines is 2. The molecule has 140 valence electrons. The number of nitrogens with two attached hydrogens (primary N) is 1. The first-order valence-corrected chi connectivity index (χ1v) is 10.4. The highest BCUT2D eigenvalue weighted by atomic mass is 32.1. The van der Waals surface area contributed by atoms with Crippen LogP contribution in [-0.4, -0.2) is 36.9 Å². The molecule has 7 rings (SSSR count). The molecule has 0 amide bonds. The minimum Gasteiger partial charge on any atom is -0.390 e. The van der Waals surface area contributed by atoms with Crippen LogP contribution in [0.2, 0.25) is 0 Å². The zero-order valence-electron chi connectivity index (χ0n) is 14.9. The molecule has 4 saturated carbocycles. The van der Waals surface area contributed by atoms with Crippen molar-refractivity contribution in [2.24, 2.45) is 17.8 Å². The molecule has 0 aromatic carbocycles. The molecule has 2 atom stereocenters. The minimum atomic E-state index is -0.424. The molecule has 0 radical (unpaired) electrons. The molecule has 27 heavy (non-hydrogen) atoms. The molecule has 0 aliphatic heterocycles. The summed E-state index contributed by atoms with van der Waals surface area (Å²) in [4.78, 5) is 7.75. The van der Waals surface area contributed by atoms with Crippen LogP contribution in [0.5, 0.6) is 0 Å². The Labute approximate surface area is 160 Å². The molecule has 3 aromatic rings. The van der Waals surface area contributed by atoms with Gasteiger partial charge in [-0.1, -0.05) is 11.3 Å². The average molecular weight is 382 g/mol. The number of pyridine rings is 1. The minimum absolute atomic E-state index is 0.381. The molecule has 2 unspecified atom stereocenters. The summed E-state index contributed by atoms with van der Waals surface area (Å²) in [6, 6.07) is 2.44. The number of nitrogen functional groups attached to an aromatic ring is 1. The van der Waals surface area contributed by atoms with Gasteiger partial charge in [-0.15, -0.1) is 10.2 Å². The normalized spacial score (nSPS) is 34.4. The Balaban J connectivity index is 1.43. The van der Waals surface area contributed by atoms with Crippen molar-refractivity contribution >= 4 is 33.2 Å². The van der Waals surface area contributed by atoms with E-state index in [4.69, 9.17) is 5.73 Å². The highest BCUT2D eigenvalue weighted by Gasteiger charge is 2.54. The molecule has 3 aromatic heterocycles. The van der Waals surface area contributed by atoms with Crippen molar-refractivity contribution in [3.05, 3.63) is 18.5 Å². The third-order valence-corrected chi connectivity index (χ3v) is 7.60. The van der Waals surface area contributed by atoms with Gasteiger partial charge in [0.2, 0.25) is 5.13 Å². The van der Waals surface area contributed by atoms with Gasteiger partial charge in [-0.3, -0.25) is 0 Å². The Morgan fingerprint density at radius 3 is 2.74 bits per heavy atom. The SMILES string of the molecule is Nc1nnc(-c2cnc3[nH]ccc3c2NC2C3CC4CC2CC(O)(C4)C3)s1. The Kier molecular flexibility index (Phi) is 3.18. The summed E-state index contributed by atoms with van der Waals surface area (Å²) in [5.41, 5.74) is 8.27. The number of nitrogens with zero attached hydrogens (tertiary/aromatic N) is 3. The lowest BCUT2D eigenvalue weighted by atomic mass is 9.52. The van der Waals surface area contributed by atoms with E-state index in [0.29, 0.717) is 28.9 Å². The van der Waals surface area contributed by atoms with Crippen molar-refractivity contribution in [2.45, 2.75) is 43.7 Å². The standard InChI is InChI=1S/C19H22N6OS/c20-18-25-24-17(27-18)13-8-22-16-12(1-2-21-16)15(13)23-14-10-3-9-4-11(14)7-19(26,5-9)6-10/h1-2,8-11,14,26H,3-7H2,(H2,20,25)(H2,21,22,23). The molecule has 8 heteroatoms. The predicted octanol–water partition coefficient (Wildman–Crippen LogP) is 3.02. The number of nitrogens with one attached hydrogen (secondary N) is 2. The van der Waals surface area contributed by atoms with E-state index in [9.17, 15) is 5.11 Å². The van der Waals surface area contributed by atoms with Gasteiger partial charge in [-0.2, -0.15) is 0 Å². The van der Waals surface area contributed by atoms with Crippen LogP contribution in [0.15, 0.2) is 18.5 Å². The zero-order valence-corrected chi connectivity index (χ0v) is 15.7. The van der Waals surface area contributed by atoms with Crippen LogP contribution in [0.3, 0.4) is 0 Å². The van der Waals surface area contributed by atoms with E-state index in [-0.39, 0.29) is 0 Å². The van der Waals surface area contributed by atoms with E-state index >= 15 is 0 Å². The highest BCUT2D eigenvalue weighted by Crippen LogP contribution is 2.56. The zero-order chi connectivity index (χ0) is 18.2. The number of rotatable bonds is 3. The molecule has 3 heterocycles. The summed E-state index contributed by atoms with van der Waals surface area (Å²) in [6.07, 6.45) is 9.04. The van der Waals surface area contributed by atoms with Crippen molar-refractivity contribution in [3.8, 4) is 10.6 Å². The van der Waals surface area contributed by atoms with Crippen molar-refractivity contribution in [1.29, 1.82) is 0 Å². The number of hydrogen-bond donors (Lipinski definition) is 4. The first-order chi connectivity index (χ1) is 13.1. The fraction of sp³-hybridized carbons (Fsp3) is 0.526. The number of aromatic nitrogens is 4. The maximum Gasteiger partial charge on any atom is 0.203 e. The lowest BCUT2D eigenvalue weighted by Crippen LogP contribution is -2.59. The van der Waals surface area contributed by atoms with E-state index < -0.39 is 5.60 Å². The smallest absolute Gasteiger partial charge is 0.203 e. The largest absolute Gasteiger partial charge is 0.390 e. The van der Waals surface area contributed by atoms with E-state index in [1.165, 1.54) is 24.2 Å². The molecule has 4 bridgehead atoms. The van der Waals surface area contributed by atoms with E-state index in [1.807, 2.05) is 12.4 Å². The van der Waals surface area contributed by atoms with Gasteiger partial charge < -0.3 is 21.1 Å². The Hall–Kier alpha value is -2.19. The van der Waals surface area contributed by atoms with Gasteiger partial charge in [-0.25, -0.2) is 4.98 Å². The second kappa shape index (κ2) is 5.42. The molecule has 0 saturated heterocycles. The molecule has 4 aliphatic rings. The van der Waals surface area contributed by atoms with Crippen molar-refractivity contribution in [3.63, 3.8) is 0 Å². The Morgan fingerprint density at radius 1 is 1.22 bits per heavy atom. The third-order valence-electron chi connectivity index (χ3n) is 6.81. The second-order valence-corrected chi connectivity index (χ2v) is 9.61. The highest BCUT2D eigenvalue weighted by molar-refractivity contribution is 7.18. The van der Waals surface area contributed by atoms with Gasteiger partial charge in [0.25, 0.3) is 0 Å². The number of aromatic amines is 1. The second-order valence-electron chi connectivity index (χ2n) is 8.60. The predicted molar refractivity (Wildman–Crippen MR) is 105 cm³/mol. The summed E-state index contributed by atoms with van der Waals surface area (Å²) in [6.45, 7) is 0. The fourth-order valence-electron chi connectivity index (χ4n) is 6.05. The monoisotopic (exact) mass is 382 g/mol. The first-order valence-electron chi connectivity index (χ1n) is 9.62. The number of aliphatic hydroxyl groups is 1. The third kappa shape index (κ3) is 2.39. The van der Waals surface area contributed by atoms with E-state index in [2.05, 4.69) is 31.5 Å². The van der Waals surface area contributed by atoms with Gasteiger partial charge in [-0.05, 0) is 55.9 Å². The maximum absolute atomic E-state index is 10.9. The number of H-pyrrole nitrogens is 1. The fourth-order valence-corrected chi connectivity index (χ4v) is 6.68. The molecular weight excluding hydrogens is 360 g/mol. The van der Waals surface area contributed by atoms with Crippen LogP contribution < -0.4 is 11.1 Å². The Morgan fingerprint density at radius 2 is 2.04 bits per heavy atom. The first kappa shape index (κ1) is 15.8. The molecular formula is C19H22N6OS. The molecule has 4 fully saturated rings. The number of fused-ring (bicyclic) bond motifs is 1. The average Bonchev–Trinajstić information content (AvgIpc) is 3.25. The van der Waals surface area contributed by atoms with Gasteiger partial charge >= 0.3 is 0 Å². The van der Waals surface area contributed by atoms with Gasteiger partial charge in [0.15, 0.2) is 5.01 Å². The number of hydrogen-bond acceptors (Lipinski definition) is 7. The maximum atomic E-state index is 10.9. The summed E-state index contributed by atoms with van der Waals surface area (Å²) in [5, 5.41) is 25.3. The summed E-state index contributed by atoms with van der Waals surface area (Å²) >= 11 is 1.38. The Bertz CT molecular complexity index is 1010. The van der Waals surface area contributed by atoms with Crippen LogP contribution in [0.4, 0.5) is 10.8 Å². The van der Waals surface area contributed by atoms with Crippen molar-refractivity contribution < 1.29 is 5.11 Å². The van der Waals surface area contributed by atoms with E-state index in [0.717, 1.165) is 46.6 Å². The summed E-state index contributed by atoms with van der Waals surface area (Å²) < 4.78 is 0. The summed E-state index contributed by atoms with van der Waals surface area (Å²) in [5.74, 6) is 1.74. The molecule has 5 N–H and O–H groups in total. The van der Waals surface area contributed by atoms with Gasteiger partial charge in [0.05, 0.1) is 16.9 Å². The van der Waals surface area contributed by atoms with Crippen LogP contribution >= 0.6 is 11.3 Å². The topological polar surface area (TPSA) is 113 Å². The van der Waals surface area contributed by atoms with Gasteiger partial charge in [0, 0.05) is 23.8 Å². The van der Waals surface area contributed by atoms with Crippen LogP contribution in [0.25, 0.3) is 21.6 Å². The molecule has 7 nitrogen and oxygen atoms in total. The van der Waals surface area contributed by atoms with Crippen LogP contribution in [-0.2, 0) is 0 Å². The van der Waals surface area contributed by atoms with Gasteiger partial charge in [0.1, 0.15) is 5.65 Å². The molecule has 4 aliphatic carbocycles. The van der Waals surface area contributed by atoms with E-state index in [1.54, 1.807) is 0 Å². The lowest BCUT2D eigenvalue weighted by Gasteiger charge is -2.58. The summed E-state index contributed by atoms with van der Waals surface area (Å²) in [7, 11) is 0. The lowest BCUT2D eigenvalue weighted by molar-refractivity contribution is -0.129. The quantitative estimate of drug-likeness (QED) is 0.554. The van der Waals surface area contributed by atoms with Crippen LogP contribution in [0.1, 0.15) is 32.1 Å². The van der Waals surface area contributed by atoms with Crippen molar-refractivity contribution in [1.82, 2.24) is 20.2 Å².